The molecule has 1 atom stereocenters. The van der Waals surface area contributed by atoms with E-state index in [1.165, 1.54) is 51.4 Å². The number of esters is 2. The number of carbonyl (C=O) groups is 2. The summed E-state index contributed by atoms with van der Waals surface area (Å²) < 4.78 is 5.02. The van der Waals surface area contributed by atoms with E-state index in [1.807, 2.05) is 12.2 Å². The summed E-state index contributed by atoms with van der Waals surface area (Å²) in [5.41, 5.74) is 1.06. The van der Waals surface area contributed by atoms with Crippen LogP contribution in [0, 0.1) is 5.92 Å². The molecule has 0 fully saturated rings. The Bertz CT molecular complexity index is 474. The summed E-state index contributed by atoms with van der Waals surface area (Å²) in [5, 5.41) is 0. The third-order valence-electron chi connectivity index (χ3n) is 5.14. The number of ether oxygens (including phenoxy) is 1. The number of carbonyl (C=O) groups excluding carboxylic acids is 2. The average Bonchev–Trinajstić information content (AvgIpc) is 2.66. The highest BCUT2D eigenvalue weighted by molar-refractivity contribution is 6.01. The molecule has 0 radical (unpaired) electrons. The molecule has 0 saturated carbocycles. The van der Waals surface area contributed by atoms with Gasteiger partial charge in [-0.05, 0) is 39.0 Å². The third kappa shape index (κ3) is 13.4. The molecule has 3 heteroatoms. The molecule has 0 aliphatic heterocycles. The molecule has 0 aromatic carbocycles. The van der Waals surface area contributed by atoms with E-state index >= 15 is 0 Å². The molecule has 0 rings (SSSR count). The largest absolute Gasteiger partial charge is 0.386 e. The van der Waals surface area contributed by atoms with Crippen LogP contribution in [0.3, 0.4) is 0 Å². The van der Waals surface area contributed by atoms with Gasteiger partial charge in [0.05, 0.1) is 0 Å². The molecule has 0 saturated heterocycles. The molecule has 0 heterocycles. The van der Waals surface area contributed by atoms with Gasteiger partial charge in [-0.1, -0.05) is 90.7 Å². The zero-order chi connectivity index (χ0) is 20.5. The van der Waals surface area contributed by atoms with Crippen molar-refractivity contribution in [1.82, 2.24) is 0 Å². The molecule has 3 nitrogen and oxygen atoms in total. The van der Waals surface area contributed by atoms with Crippen LogP contribution in [0.4, 0.5) is 0 Å². The Balaban J connectivity index is 4.27. The summed E-state index contributed by atoms with van der Waals surface area (Å²) >= 11 is 0. The summed E-state index contributed by atoms with van der Waals surface area (Å²) in [5.74, 6) is -0.434. The monoisotopic (exact) mass is 378 g/mol. The Morgan fingerprint density at radius 3 is 1.93 bits per heavy atom. The lowest BCUT2D eigenvalue weighted by atomic mass is 9.95. The van der Waals surface area contributed by atoms with Crippen LogP contribution in [0.1, 0.15) is 112 Å². The van der Waals surface area contributed by atoms with Crippen molar-refractivity contribution in [2.75, 3.05) is 0 Å². The lowest BCUT2D eigenvalue weighted by molar-refractivity contribution is -0.153. The fourth-order valence-electron chi connectivity index (χ4n) is 2.98. The lowest BCUT2D eigenvalue weighted by Crippen LogP contribution is -2.14. The van der Waals surface area contributed by atoms with Crippen molar-refractivity contribution in [2.45, 2.75) is 112 Å². The summed E-state index contributed by atoms with van der Waals surface area (Å²) in [6.07, 6.45) is 17.6. The molecular formula is C24H42O3. The van der Waals surface area contributed by atoms with Crippen molar-refractivity contribution >= 4 is 11.9 Å². The fourth-order valence-corrected chi connectivity index (χ4v) is 2.98. The minimum Gasteiger partial charge on any atom is -0.386 e. The molecule has 0 aromatic heterocycles. The number of allylic oxidation sites excluding steroid dienone is 2. The van der Waals surface area contributed by atoms with Crippen LogP contribution in [-0.2, 0) is 14.3 Å². The van der Waals surface area contributed by atoms with Crippen molar-refractivity contribution in [3.8, 4) is 0 Å². The van der Waals surface area contributed by atoms with Crippen molar-refractivity contribution in [3.63, 3.8) is 0 Å². The molecule has 0 spiro atoms. The van der Waals surface area contributed by atoms with Gasteiger partial charge in [-0.2, -0.15) is 0 Å². The van der Waals surface area contributed by atoms with Crippen LogP contribution < -0.4 is 0 Å². The highest BCUT2D eigenvalue weighted by Crippen LogP contribution is 2.18. The maximum atomic E-state index is 12.1. The van der Waals surface area contributed by atoms with E-state index in [-0.39, 0.29) is 0 Å². The molecular weight excluding hydrogens is 336 g/mol. The van der Waals surface area contributed by atoms with Crippen LogP contribution in [0.25, 0.3) is 0 Å². The molecule has 0 aromatic rings. The summed E-state index contributed by atoms with van der Waals surface area (Å²) in [4.78, 5) is 24.2. The maximum Gasteiger partial charge on any atom is 0.341 e. The maximum absolute atomic E-state index is 12.1. The van der Waals surface area contributed by atoms with Gasteiger partial charge in [0.25, 0.3) is 0 Å². The van der Waals surface area contributed by atoms with E-state index in [0.29, 0.717) is 17.1 Å². The SMILES string of the molecule is CCCCCCCCC=C(C)C(=O)OC(=O)C(C)=CCC(CC)CCCC. The molecule has 0 amide bonds. The van der Waals surface area contributed by atoms with Crippen LogP contribution in [-0.4, -0.2) is 11.9 Å². The van der Waals surface area contributed by atoms with Gasteiger partial charge < -0.3 is 4.74 Å². The van der Waals surface area contributed by atoms with Crippen molar-refractivity contribution in [1.29, 1.82) is 0 Å². The van der Waals surface area contributed by atoms with Gasteiger partial charge in [-0.3, -0.25) is 0 Å². The normalized spacial score (nSPS) is 13.5. The van der Waals surface area contributed by atoms with Gasteiger partial charge in [0.2, 0.25) is 0 Å². The van der Waals surface area contributed by atoms with Gasteiger partial charge in [0, 0.05) is 11.1 Å². The lowest BCUT2D eigenvalue weighted by Gasteiger charge is -2.12. The minimum atomic E-state index is -0.517. The number of hydrogen-bond acceptors (Lipinski definition) is 3. The molecule has 0 bridgehead atoms. The standard InChI is InChI=1S/C24H42O3/c1-6-9-11-12-13-14-15-16-20(4)23(25)27-24(26)21(5)18-19-22(8-3)17-10-7-2/h16,18,22H,6-15,17,19H2,1-5H3. The second-order valence-electron chi connectivity index (χ2n) is 7.66. The van der Waals surface area contributed by atoms with E-state index < -0.39 is 11.9 Å². The summed E-state index contributed by atoms with van der Waals surface area (Å²) in [7, 11) is 0. The van der Waals surface area contributed by atoms with Gasteiger partial charge in [0.15, 0.2) is 0 Å². The number of unbranched alkanes of at least 4 members (excludes halogenated alkanes) is 7. The van der Waals surface area contributed by atoms with E-state index in [0.717, 1.165) is 25.7 Å². The molecule has 0 aliphatic carbocycles. The predicted molar refractivity (Wildman–Crippen MR) is 115 cm³/mol. The molecule has 0 aliphatic rings. The highest BCUT2D eigenvalue weighted by Gasteiger charge is 2.14. The Morgan fingerprint density at radius 2 is 1.33 bits per heavy atom. The van der Waals surface area contributed by atoms with E-state index in [4.69, 9.17) is 4.74 Å². The van der Waals surface area contributed by atoms with Gasteiger partial charge in [-0.25, -0.2) is 9.59 Å². The van der Waals surface area contributed by atoms with Gasteiger partial charge in [-0.15, -0.1) is 0 Å². The van der Waals surface area contributed by atoms with Crippen LogP contribution in [0.5, 0.6) is 0 Å². The predicted octanol–water partition coefficient (Wildman–Crippen LogP) is 7.31. The zero-order valence-electron chi connectivity index (χ0n) is 18.4. The molecule has 0 N–H and O–H groups in total. The molecule has 1 unspecified atom stereocenters. The quantitative estimate of drug-likeness (QED) is 0.130. The van der Waals surface area contributed by atoms with Crippen LogP contribution >= 0.6 is 0 Å². The first-order valence-corrected chi connectivity index (χ1v) is 11.1. The van der Waals surface area contributed by atoms with Crippen LogP contribution in [0.2, 0.25) is 0 Å². The zero-order valence-corrected chi connectivity index (χ0v) is 18.4. The first kappa shape index (κ1) is 25.6. The number of hydrogen-bond donors (Lipinski definition) is 0. The highest BCUT2D eigenvalue weighted by atomic mass is 16.6. The van der Waals surface area contributed by atoms with E-state index in [2.05, 4.69) is 20.8 Å². The summed E-state index contributed by atoms with van der Waals surface area (Å²) in [6, 6.07) is 0. The Morgan fingerprint density at radius 1 is 0.778 bits per heavy atom. The van der Waals surface area contributed by atoms with Crippen molar-refractivity contribution in [3.05, 3.63) is 23.3 Å². The first-order valence-electron chi connectivity index (χ1n) is 11.1. The fraction of sp³-hybridized carbons (Fsp3) is 0.750. The Kier molecular flexibility index (Phi) is 15.9. The minimum absolute atomic E-state index is 0.516. The van der Waals surface area contributed by atoms with Crippen LogP contribution in [0.15, 0.2) is 23.3 Å². The van der Waals surface area contributed by atoms with Crippen molar-refractivity contribution < 1.29 is 14.3 Å². The van der Waals surface area contributed by atoms with Gasteiger partial charge in [0.1, 0.15) is 0 Å². The first-order chi connectivity index (χ1) is 13.0. The molecule has 27 heavy (non-hydrogen) atoms. The number of rotatable bonds is 15. The van der Waals surface area contributed by atoms with E-state index in [9.17, 15) is 9.59 Å². The topological polar surface area (TPSA) is 43.4 Å². The summed E-state index contributed by atoms with van der Waals surface area (Å²) in [6.45, 7) is 10.0. The molecule has 156 valence electrons. The second-order valence-corrected chi connectivity index (χ2v) is 7.66. The van der Waals surface area contributed by atoms with Gasteiger partial charge >= 0.3 is 11.9 Å². The van der Waals surface area contributed by atoms with E-state index in [1.54, 1.807) is 13.8 Å². The third-order valence-corrected chi connectivity index (χ3v) is 5.14. The van der Waals surface area contributed by atoms with Crippen molar-refractivity contribution in [2.24, 2.45) is 5.92 Å². The Hall–Kier alpha value is -1.38. The smallest absolute Gasteiger partial charge is 0.341 e. The second kappa shape index (κ2) is 16.8. The Labute approximate surface area is 167 Å². The average molecular weight is 379 g/mol.